The average Bonchev–Trinajstić information content (AvgIpc) is 3.39. The lowest BCUT2D eigenvalue weighted by atomic mass is 10.1. The first kappa shape index (κ1) is 19.7. The Morgan fingerprint density at radius 1 is 1.34 bits per heavy atom. The Balaban J connectivity index is 1.33. The van der Waals surface area contributed by atoms with E-state index in [-0.39, 0.29) is 37.0 Å². The van der Waals surface area contributed by atoms with Gasteiger partial charge in [-0.15, -0.1) is 0 Å². The van der Waals surface area contributed by atoms with Gasteiger partial charge in [0.25, 0.3) is 5.91 Å². The Hall–Kier alpha value is -2.61. The summed E-state index contributed by atoms with van der Waals surface area (Å²) in [4.78, 5) is 28.8. The Morgan fingerprint density at radius 3 is 2.90 bits per heavy atom. The monoisotopic (exact) mass is 403 g/mol. The molecule has 0 aliphatic carbocycles. The number of furan rings is 1. The van der Waals surface area contributed by atoms with Crippen molar-refractivity contribution in [3.05, 3.63) is 30.0 Å². The quantitative estimate of drug-likeness (QED) is 0.829. The molecule has 1 aromatic heterocycles. The topological polar surface area (TPSA) is 75.0 Å². The number of nitrogens with zero attached hydrogens (tertiary/aromatic N) is 2. The summed E-state index contributed by atoms with van der Waals surface area (Å²) in [6.07, 6.45) is 1.71. The fourth-order valence-electron chi connectivity index (χ4n) is 4.26. The normalized spacial score (nSPS) is 24.9. The number of amides is 2. The number of likely N-dealkylation sites (tertiary alicyclic amines) is 2. The van der Waals surface area contributed by atoms with Gasteiger partial charge >= 0.3 is 0 Å². The number of nitrogens with one attached hydrogen (secondary N) is 1. The Labute approximate surface area is 168 Å². The van der Waals surface area contributed by atoms with Crippen molar-refractivity contribution in [2.45, 2.75) is 38.0 Å². The van der Waals surface area contributed by atoms with E-state index in [1.54, 1.807) is 24.1 Å². The second-order valence-corrected chi connectivity index (χ2v) is 7.93. The van der Waals surface area contributed by atoms with Gasteiger partial charge in [0.05, 0.1) is 25.8 Å². The van der Waals surface area contributed by atoms with E-state index in [2.05, 4.69) is 5.32 Å². The lowest BCUT2D eigenvalue weighted by molar-refractivity contribution is -0.132. The number of ether oxygens (including phenoxy) is 1. The highest BCUT2D eigenvalue weighted by Gasteiger charge is 2.34. The molecule has 7 nitrogen and oxygen atoms in total. The highest BCUT2D eigenvalue weighted by atomic mass is 19.1. The predicted molar refractivity (Wildman–Crippen MR) is 106 cm³/mol. The van der Waals surface area contributed by atoms with Crippen LogP contribution in [0, 0.1) is 0 Å². The summed E-state index contributed by atoms with van der Waals surface area (Å²) in [5, 5.41) is 3.77. The summed E-state index contributed by atoms with van der Waals surface area (Å²) >= 11 is 0. The van der Waals surface area contributed by atoms with Crippen molar-refractivity contribution >= 4 is 22.8 Å². The number of rotatable bonds is 5. The number of carbonyl (C=O) groups excluding carboxylic acids is 2. The number of hydrogen-bond acceptors (Lipinski definition) is 5. The van der Waals surface area contributed by atoms with Crippen LogP contribution in [0.15, 0.2) is 28.9 Å². The lowest BCUT2D eigenvalue weighted by Gasteiger charge is -2.24. The number of methoxy groups -OCH3 is 1. The molecule has 156 valence electrons. The zero-order valence-electron chi connectivity index (χ0n) is 16.7. The summed E-state index contributed by atoms with van der Waals surface area (Å²) in [6.45, 7) is 3.66. The second-order valence-electron chi connectivity index (χ2n) is 7.93. The number of benzene rings is 1. The van der Waals surface area contributed by atoms with Crippen molar-refractivity contribution in [1.82, 2.24) is 15.1 Å². The van der Waals surface area contributed by atoms with E-state index in [1.165, 1.54) is 6.26 Å². The molecule has 8 heteroatoms. The minimum atomic E-state index is -0.927. The smallest absolute Gasteiger partial charge is 0.255 e. The molecule has 3 atom stereocenters. The molecule has 0 saturated carbocycles. The van der Waals surface area contributed by atoms with Gasteiger partial charge in [0, 0.05) is 43.0 Å². The molecule has 2 aromatic rings. The van der Waals surface area contributed by atoms with Gasteiger partial charge in [-0.25, -0.2) is 4.39 Å². The number of alkyl halides is 1. The molecule has 3 heterocycles. The van der Waals surface area contributed by atoms with E-state index in [4.69, 9.17) is 9.15 Å². The fraction of sp³-hybridized carbons (Fsp3) is 0.524. The minimum absolute atomic E-state index is 0.0385. The second kappa shape index (κ2) is 8.02. The van der Waals surface area contributed by atoms with Crippen LogP contribution in [-0.4, -0.2) is 73.2 Å². The van der Waals surface area contributed by atoms with Crippen molar-refractivity contribution < 1.29 is 23.1 Å². The molecule has 0 bridgehead atoms. The number of carbonyl (C=O) groups is 2. The first-order valence-electron chi connectivity index (χ1n) is 9.96. The van der Waals surface area contributed by atoms with Crippen LogP contribution in [0.5, 0.6) is 5.75 Å². The van der Waals surface area contributed by atoms with Crippen LogP contribution in [0.3, 0.4) is 0 Å². The Kier molecular flexibility index (Phi) is 5.45. The summed E-state index contributed by atoms with van der Waals surface area (Å²) in [5.41, 5.74) is 1.08. The zero-order chi connectivity index (χ0) is 20.5. The van der Waals surface area contributed by atoms with E-state index in [9.17, 15) is 14.0 Å². The summed E-state index contributed by atoms with van der Waals surface area (Å²) in [6, 6.07) is 5.25. The Morgan fingerprint density at radius 2 is 2.17 bits per heavy atom. The molecule has 2 aliphatic rings. The van der Waals surface area contributed by atoms with Crippen LogP contribution < -0.4 is 10.1 Å². The molecular formula is C21H26FN3O4. The van der Waals surface area contributed by atoms with E-state index in [1.807, 2.05) is 17.9 Å². The van der Waals surface area contributed by atoms with Crippen molar-refractivity contribution in [3.8, 4) is 5.75 Å². The van der Waals surface area contributed by atoms with Gasteiger partial charge in [-0.2, -0.15) is 0 Å². The van der Waals surface area contributed by atoms with Crippen molar-refractivity contribution in [2.75, 3.05) is 33.3 Å². The summed E-state index contributed by atoms with van der Waals surface area (Å²) < 4.78 is 24.2. The van der Waals surface area contributed by atoms with Crippen molar-refractivity contribution in [3.63, 3.8) is 0 Å². The van der Waals surface area contributed by atoms with Crippen LogP contribution in [0.1, 0.15) is 30.1 Å². The lowest BCUT2D eigenvalue weighted by Crippen LogP contribution is -2.43. The van der Waals surface area contributed by atoms with Gasteiger partial charge in [-0.05, 0) is 25.5 Å². The molecule has 2 amide bonds. The van der Waals surface area contributed by atoms with E-state index in [0.717, 1.165) is 18.4 Å². The molecule has 2 saturated heterocycles. The molecule has 1 aromatic carbocycles. The van der Waals surface area contributed by atoms with Gasteiger partial charge in [-0.1, -0.05) is 0 Å². The third-order valence-corrected chi connectivity index (χ3v) is 5.84. The number of hydrogen-bond donors (Lipinski definition) is 1. The molecule has 2 fully saturated rings. The highest BCUT2D eigenvalue weighted by molar-refractivity contribution is 6.06. The summed E-state index contributed by atoms with van der Waals surface area (Å²) in [7, 11) is 1.58. The van der Waals surface area contributed by atoms with Crippen LogP contribution in [0.4, 0.5) is 4.39 Å². The Bertz CT molecular complexity index is 914. The largest absolute Gasteiger partial charge is 0.497 e. The molecule has 2 aliphatic heterocycles. The van der Waals surface area contributed by atoms with E-state index in [0.29, 0.717) is 29.9 Å². The van der Waals surface area contributed by atoms with E-state index < -0.39 is 6.17 Å². The number of halogens is 1. The molecule has 0 unspecified atom stereocenters. The van der Waals surface area contributed by atoms with Crippen LogP contribution >= 0.6 is 0 Å². The molecule has 4 rings (SSSR count). The standard InChI is InChI=1S/C21H26FN3O4/c1-13-7-14(22)9-25(13)20(26)11-24-6-5-15(10-24)23-21(27)18-12-29-19-8-16(28-2)3-4-17(18)19/h3-4,8,12-15H,5-7,9-11H2,1-2H3,(H,23,27)/t13-,14+,15+/m1/s1. The molecular weight excluding hydrogens is 377 g/mol. The van der Waals surface area contributed by atoms with Crippen LogP contribution in [0.2, 0.25) is 0 Å². The molecule has 0 spiro atoms. The third-order valence-electron chi connectivity index (χ3n) is 5.84. The fourth-order valence-corrected chi connectivity index (χ4v) is 4.26. The van der Waals surface area contributed by atoms with Crippen molar-refractivity contribution in [1.29, 1.82) is 0 Å². The zero-order valence-corrected chi connectivity index (χ0v) is 16.7. The molecule has 1 N–H and O–H groups in total. The van der Waals surface area contributed by atoms with Gasteiger partial charge in [0.1, 0.15) is 23.8 Å². The minimum Gasteiger partial charge on any atom is -0.497 e. The van der Waals surface area contributed by atoms with Crippen LogP contribution in [0.25, 0.3) is 11.0 Å². The van der Waals surface area contributed by atoms with Gasteiger partial charge in [0.15, 0.2) is 0 Å². The molecule has 0 radical (unpaired) electrons. The maximum atomic E-state index is 13.5. The summed E-state index contributed by atoms with van der Waals surface area (Å²) in [5.74, 6) is 0.432. The average molecular weight is 403 g/mol. The van der Waals surface area contributed by atoms with Gasteiger partial charge < -0.3 is 19.4 Å². The SMILES string of the molecule is COc1ccc2c(C(=O)N[C@H]3CCN(CC(=O)N4C[C@@H](F)C[C@H]4C)C3)coc2c1. The first-order valence-corrected chi connectivity index (χ1v) is 9.96. The predicted octanol–water partition coefficient (Wildman–Crippen LogP) is 2.20. The maximum Gasteiger partial charge on any atom is 0.255 e. The van der Waals surface area contributed by atoms with Crippen molar-refractivity contribution in [2.24, 2.45) is 0 Å². The maximum absolute atomic E-state index is 13.5. The highest BCUT2D eigenvalue weighted by Crippen LogP contribution is 2.26. The third kappa shape index (κ3) is 4.07. The first-order chi connectivity index (χ1) is 13.9. The van der Waals surface area contributed by atoms with E-state index >= 15 is 0 Å². The van der Waals surface area contributed by atoms with Crippen LogP contribution in [-0.2, 0) is 4.79 Å². The number of fused-ring (bicyclic) bond motifs is 1. The van der Waals surface area contributed by atoms with Gasteiger partial charge in [-0.3, -0.25) is 14.5 Å². The molecule has 29 heavy (non-hydrogen) atoms. The van der Waals surface area contributed by atoms with Gasteiger partial charge in [0.2, 0.25) is 5.91 Å².